The smallest absolute Gasteiger partial charge is 0.258 e. The van der Waals surface area contributed by atoms with Crippen LogP contribution in [0.4, 0.5) is 17.1 Å². The number of aromatic hydroxyl groups is 1. The molecule has 0 saturated heterocycles. The number of nitrogens with one attached hydrogen (secondary N) is 2. The van der Waals surface area contributed by atoms with Crippen LogP contribution in [0.3, 0.4) is 0 Å². The van der Waals surface area contributed by atoms with E-state index in [0.29, 0.717) is 29.1 Å². The minimum absolute atomic E-state index is 0.0189. The molecule has 0 spiro atoms. The van der Waals surface area contributed by atoms with Gasteiger partial charge in [-0.15, -0.1) is 0 Å². The summed E-state index contributed by atoms with van der Waals surface area (Å²) in [5, 5.41) is 19.8. The number of ether oxygens (including phenoxy) is 1. The lowest BCUT2D eigenvalue weighted by atomic mass is 9.96. The number of aryl methyl sites for hydroxylation is 1. The summed E-state index contributed by atoms with van der Waals surface area (Å²) in [6, 6.07) is 18.3. The number of anilines is 2. The number of fused-ring (bicyclic) bond motifs is 1. The van der Waals surface area contributed by atoms with Crippen molar-refractivity contribution in [3.63, 3.8) is 0 Å². The number of aliphatic imine (C=N–C) groups is 1. The average molecular weight is 496 g/mol. The Balaban J connectivity index is 1.32. The lowest BCUT2D eigenvalue weighted by Gasteiger charge is -2.09. The fourth-order valence-corrected chi connectivity index (χ4v) is 4.25. The molecular formula is C28H25N5O4. The molecule has 0 fully saturated rings. The molecule has 4 aromatic rings. The molecule has 1 aromatic heterocycles. The van der Waals surface area contributed by atoms with Crippen LogP contribution in [0.25, 0.3) is 0 Å². The third kappa shape index (κ3) is 5.20. The van der Waals surface area contributed by atoms with Gasteiger partial charge in [-0.1, -0.05) is 24.3 Å². The number of rotatable bonds is 7. The summed E-state index contributed by atoms with van der Waals surface area (Å²) >= 11 is 0. The van der Waals surface area contributed by atoms with Crippen LogP contribution in [-0.4, -0.2) is 40.0 Å². The first-order chi connectivity index (χ1) is 17.9. The van der Waals surface area contributed by atoms with Gasteiger partial charge in [0.05, 0.1) is 24.6 Å². The summed E-state index contributed by atoms with van der Waals surface area (Å²) in [5.41, 5.74) is 5.32. The summed E-state index contributed by atoms with van der Waals surface area (Å²) in [4.78, 5) is 29.5. The van der Waals surface area contributed by atoms with E-state index in [1.807, 2.05) is 42.5 Å². The van der Waals surface area contributed by atoms with Gasteiger partial charge >= 0.3 is 0 Å². The van der Waals surface area contributed by atoms with Crippen LogP contribution in [0.5, 0.6) is 11.5 Å². The van der Waals surface area contributed by atoms with Crippen LogP contribution in [-0.2, 0) is 18.3 Å². The Morgan fingerprint density at radius 2 is 2.03 bits per heavy atom. The van der Waals surface area contributed by atoms with Gasteiger partial charge in [0, 0.05) is 36.9 Å². The van der Waals surface area contributed by atoms with Gasteiger partial charge < -0.3 is 20.5 Å². The number of methoxy groups -OCH3 is 1. The minimum Gasteiger partial charge on any atom is -0.504 e. The monoisotopic (exact) mass is 495 g/mol. The van der Waals surface area contributed by atoms with Gasteiger partial charge in [-0.2, -0.15) is 5.10 Å². The number of carbonyl (C=O) groups is 2. The van der Waals surface area contributed by atoms with E-state index < -0.39 is 5.92 Å². The summed E-state index contributed by atoms with van der Waals surface area (Å²) < 4.78 is 6.64. The van der Waals surface area contributed by atoms with E-state index in [9.17, 15) is 14.7 Å². The molecule has 9 heteroatoms. The first kappa shape index (κ1) is 23.8. The topological polar surface area (TPSA) is 118 Å². The largest absolute Gasteiger partial charge is 0.504 e. The van der Waals surface area contributed by atoms with Crippen molar-refractivity contribution in [2.75, 3.05) is 17.7 Å². The molecule has 0 bridgehead atoms. The van der Waals surface area contributed by atoms with Crippen LogP contribution in [0, 0.1) is 0 Å². The minimum atomic E-state index is -0.552. The average Bonchev–Trinajstić information content (AvgIpc) is 3.45. The highest BCUT2D eigenvalue weighted by molar-refractivity contribution is 6.12. The lowest BCUT2D eigenvalue weighted by Crippen LogP contribution is -2.12. The number of benzene rings is 3. The first-order valence-corrected chi connectivity index (χ1v) is 11.6. The predicted octanol–water partition coefficient (Wildman–Crippen LogP) is 4.42. The molecule has 37 heavy (non-hydrogen) atoms. The Morgan fingerprint density at radius 1 is 1.19 bits per heavy atom. The summed E-state index contributed by atoms with van der Waals surface area (Å²) in [7, 11) is 3.24. The molecule has 0 saturated carbocycles. The van der Waals surface area contributed by atoms with Crippen molar-refractivity contribution in [3.8, 4) is 11.5 Å². The molecule has 3 aromatic carbocycles. The van der Waals surface area contributed by atoms with E-state index in [-0.39, 0.29) is 17.6 Å². The van der Waals surface area contributed by atoms with E-state index >= 15 is 0 Å². The maximum absolute atomic E-state index is 12.6. The molecule has 186 valence electrons. The van der Waals surface area contributed by atoms with E-state index in [0.717, 1.165) is 22.4 Å². The Kier molecular flexibility index (Phi) is 6.42. The number of aromatic nitrogens is 2. The second-order valence-corrected chi connectivity index (χ2v) is 8.76. The molecule has 3 N–H and O–H groups in total. The van der Waals surface area contributed by atoms with Crippen LogP contribution < -0.4 is 15.4 Å². The van der Waals surface area contributed by atoms with Crippen molar-refractivity contribution in [3.05, 3.63) is 95.3 Å². The zero-order valence-corrected chi connectivity index (χ0v) is 20.3. The SMILES string of the molecule is COc1ccc(N=CC2C(=O)Nc3ccc(Cc4cccc(NC(=O)c5cnn(C)c5)c4)cc32)cc1O. The second-order valence-electron chi connectivity index (χ2n) is 8.76. The quantitative estimate of drug-likeness (QED) is 0.328. The number of hydrogen-bond acceptors (Lipinski definition) is 6. The molecule has 1 aliphatic rings. The van der Waals surface area contributed by atoms with Crippen molar-refractivity contribution < 1.29 is 19.4 Å². The molecule has 5 rings (SSSR count). The van der Waals surface area contributed by atoms with E-state index in [1.165, 1.54) is 19.4 Å². The van der Waals surface area contributed by atoms with Crippen molar-refractivity contribution >= 4 is 35.1 Å². The normalized spacial score (nSPS) is 14.4. The molecule has 1 aliphatic heterocycles. The third-order valence-electron chi connectivity index (χ3n) is 6.09. The van der Waals surface area contributed by atoms with E-state index in [1.54, 1.807) is 36.3 Å². The van der Waals surface area contributed by atoms with Crippen LogP contribution in [0.2, 0.25) is 0 Å². The standard InChI is InChI=1S/C28H25N5O4/c1-33-16-19(14-30-33)27(35)31-21-5-3-4-17(11-21)10-18-6-8-24-22(12-18)23(28(36)32-24)15-29-20-7-9-26(37-2)25(34)13-20/h3-9,11-16,23,34H,10H2,1-2H3,(H,31,35)(H,32,36). The van der Waals surface area contributed by atoms with Crippen molar-refractivity contribution in [1.82, 2.24) is 9.78 Å². The third-order valence-corrected chi connectivity index (χ3v) is 6.09. The zero-order valence-electron chi connectivity index (χ0n) is 20.3. The highest BCUT2D eigenvalue weighted by atomic mass is 16.5. The summed E-state index contributed by atoms with van der Waals surface area (Å²) in [6.07, 6.45) is 5.39. The molecule has 2 amide bonds. The fourth-order valence-electron chi connectivity index (χ4n) is 4.25. The van der Waals surface area contributed by atoms with Crippen molar-refractivity contribution in [2.24, 2.45) is 12.0 Å². The Bertz CT molecular complexity index is 1520. The summed E-state index contributed by atoms with van der Waals surface area (Å²) in [5.74, 6) is -0.597. The fraction of sp³-hybridized carbons (Fsp3) is 0.143. The van der Waals surface area contributed by atoms with Gasteiger partial charge in [0.1, 0.15) is 5.92 Å². The summed E-state index contributed by atoms with van der Waals surface area (Å²) in [6.45, 7) is 0. The Morgan fingerprint density at radius 3 is 2.78 bits per heavy atom. The van der Waals surface area contributed by atoms with Crippen molar-refractivity contribution in [1.29, 1.82) is 0 Å². The molecule has 9 nitrogen and oxygen atoms in total. The van der Waals surface area contributed by atoms with Crippen LogP contribution in [0.15, 0.2) is 78.0 Å². The number of phenols is 1. The highest BCUT2D eigenvalue weighted by Crippen LogP contribution is 2.34. The maximum atomic E-state index is 12.6. The lowest BCUT2D eigenvalue weighted by molar-refractivity contribution is -0.115. The van der Waals surface area contributed by atoms with Gasteiger partial charge in [0.2, 0.25) is 5.91 Å². The number of amides is 2. The molecule has 0 aliphatic carbocycles. The van der Waals surface area contributed by atoms with Gasteiger partial charge in [-0.25, -0.2) is 0 Å². The molecular weight excluding hydrogens is 470 g/mol. The highest BCUT2D eigenvalue weighted by Gasteiger charge is 2.29. The van der Waals surface area contributed by atoms with Gasteiger partial charge in [0.15, 0.2) is 11.5 Å². The van der Waals surface area contributed by atoms with Gasteiger partial charge in [-0.3, -0.25) is 19.3 Å². The zero-order chi connectivity index (χ0) is 25.9. The molecule has 1 unspecified atom stereocenters. The Labute approximate surface area is 213 Å². The van der Waals surface area contributed by atoms with Crippen LogP contribution >= 0.6 is 0 Å². The van der Waals surface area contributed by atoms with Gasteiger partial charge in [-0.05, 0) is 53.4 Å². The maximum Gasteiger partial charge on any atom is 0.258 e. The molecule has 0 radical (unpaired) electrons. The van der Waals surface area contributed by atoms with Gasteiger partial charge in [0.25, 0.3) is 5.91 Å². The number of nitrogens with zero attached hydrogens (tertiary/aromatic N) is 3. The Hall–Kier alpha value is -4.92. The van der Waals surface area contributed by atoms with E-state index in [4.69, 9.17) is 4.74 Å². The predicted molar refractivity (Wildman–Crippen MR) is 141 cm³/mol. The van der Waals surface area contributed by atoms with Crippen molar-refractivity contribution in [2.45, 2.75) is 12.3 Å². The number of phenolic OH excluding ortho intramolecular Hbond substituents is 1. The first-order valence-electron chi connectivity index (χ1n) is 11.6. The molecule has 1 atom stereocenters. The van der Waals surface area contributed by atoms with Crippen LogP contribution in [0.1, 0.15) is 33.0 Å². The second kappa shape index (κ2) is 9.98. The number of carbonyl (C=O) groups excluding carboxylic acids is 2. The number of hydrogen-bond donors (Lipinski definition) is 3. The molecule has 2 heterocycles. The van der Waals surface area contributed by atoms with E-state index in [2.05, 4.69) is 20.7 Å².